The summed E-state index contributed by atoms with van der Waals surface area (Å²) in [7, 11) is 0. The van der Waals surface area contributed by atoms with Crippen LogP contribution >= 0.6 is 0 Å². The minimum atomic E-state index is -0.905. The minimum Gasteiger partial charge on any atom is -0.445 e. The van der Waals surface area contributed by atoms with Crippen molar-refractivity contribution >= 4 is 17.9 Å². The lowest BCUT2D eigenvalue weighted by atomic mass is 10.1. The van der Waals surface area contributed by atoms with Crippen LogP contribution in [0, 0.1) is 0 Å². The molecule has 7 heteroatoms. The van der Waals surface area contributed by atoms with Gasteiger partial charge >= 0.3 is 6.09 Å². The van der Waals surface area contributed by atoms with Crippen LogP contribution in [0.2, 0.25) is 0 Å². The summed E-state index contributed by atoms with van der Waals surface area (Å²) in [5.74, 6) is -1.17. The van der Waals surface area contributed by atoms with E-state index in [1.165, 1.54) is 6.92 Å². The third kappa shape index (κ3) is 6.81. The first-order valence-corrected chi connectivity index (χ1v) is 8.56. The van der Waals surface area contributed by atoms with Gasteiger partial charge in [0.2, 0.25) is 11.8 Å². The Bertz CT molecular complexity index is 765. The molecule has 2 aromatic rings. The number of ether oxygens (including phenoxy) is 1. The number of benzene rings is 2. The number of nitrogens with two attached hydrogens (primary N) is 1. The van der Waals surface area contributed by atoms with Crippen LogP contribution in [0.4, 0.5) is 4.79 Å². The van der Waals surface area contributed by atoms with Gasteiger partial charge in [0.25, 0.3) is 0 Å². The zero-order chi connectivity index (χ0) is 19.6. The molecule has 142 valence electrons. The molecule has 0 aliphatic rings. The van der Waals surface area contributed by atoms with E-state index < -0.39 is 30.0 Å². The number of alkyl carbamates (subject to hydrolysis) is 1. The van der Waals surface area contributed by atoms with Crippen molar-refractivity contribution in [2.24, 2.45) is 5.73 Å². The molecular weight excluding hydrogens is 346 g/mol. The normalized spacial score (nSPS) is 12.5. The molecule has 0 saturated heterocycles. The van der Waals surface area contributed by atoms with Gasteiger partial charge in [-0.25, -0.2) is 4.79 Å². The smallest absolute Gasteiger partial charge is 0.408 e. The number of hydrogen-bond acceptors (Lipinski definition) is 4. The second-order valence-corrected chi connectivity index (χ2v) is 6.08. The molecule has 0 fully saturated rings. The van der Waals surface area contributed by atoms with Gasteiger partial charge < -0.3 is 21.1 Å². The molecule has 2 atom stereocenters. The first-order chi connectivity index (χ1) is 13.0. The van der Waals surface area contributed by atoms with Gasteiger partial charge in [-0.1, -0.05) is 60.7 Å². The Morgan fingerprint density at radius 1 is 0.926 bits per heavy atom. The molecule has 0 saturated carbocycles. The Morgan fingerprint density at radius 3 is 2.04 bits per heavy atom. The molecule has 0 aliphatic carbocycles. The van der Waals surface area contributed by atoms with Crippen molar-refractivity contribution in [3.63, 3.8) is 0 Å². The number of hydrogen-bond donors (Lipinski definition) is 3. The third-order valence-electron chi connectivity index (χ3n) is 3.89. The molecular formula is C20H23N3O4. The summed E-state index contributed by atoms with van der Waals surface area (Å²) in [5.41, 5.74) is 6.87. The van der Waals surface area contributed by atoms with Crippen molar-refractivity contribution in [3.05, 3.63) is 71.8 Å². The summed E-state index contributed by atoms with van der Waals surface area (Å²) in [6.45, 7) is 1.57. The van der Waals surface area contributed by atoms with Crippen molar-refractivity contribution in [3.8, 4) is 0 Å². The Kier molecular flexibility index (Phi) is 7.37. The fraction of sp³-hybridized carbons (Fsp3) is 0.250. The maximum absolute atomic E-state index is 12.5. The Labute approximate surface area is 157 Å². The van der Waals surface area contributed by atoms with Gasteiger partial charge in [-0.2, -0.15) is 0 Å². The van der Waals surface area contributed by atoms with Gasteiger partial charge in [0, 0.05) is 6.42 Å². The van der Waals surface area contributed by atoms with Crippen LogP contribution in [0.3, 0.4) is 0 Å². The van der Waals surface area contributed by atoms with E-state index in [0.29, 0.717) is 0 Å². The average molecular weight is 369 g/mol. The highest BCUT2D eigenvalue weighted by atomic mass is 16.5. The van der Waals surface area contributed by atoms with Crippen molar-refractivity contribution < 1.29 is 19.1 Å². The highest BCUT2D eigenvalue weighted by molar-refractivity contribution is 5.90. The standard InChI is InChI=1S/C20H23N3O4/c1-14(18(21)24)22-19(25)17(12-15-8-4-2-5-9-15)23-20(26)27-13-16-10-6-3-7-11-16/h2-11,14,17H,12-13H2,1H3,(H2,21,24)(H,22,25)(H,23,26)/t14-,17+/m1/s1. The van der Waals surface area contributed by atoms with Crippen molar-refractivity contribution in [2.45, 2.75) is 32.0 Å². The summed E-state index contributed by atoms with van der Waals surface area (Å²) < 4.78 is 5.18. The molecule has 27 heavy (non-hydrogen) atoms. The molecule has 2 rings (SSSR count). The summed E-state index contributed by atoms with van der Waals surface area (Å²) in [4.78, 5) is 35.8. The van der Waals surface area contributed by atoms with Gasteiger partial charge in [-0.05, 0) is 18.1 Å². The van der Waals surface area contributed by atoms with Crippen molar-refractivity contribution in [2.75, 3.05) is 0 Å². The predicted octanol–water partition coefficient (Wildman–Crippen LogP) is 1.51. The average Bonchev–Trinajstić information content (AvgIpc) is 2.67. The summed E-state index contributed by atoms with van der Waals surface area (Å²) in [6.07, 6.45) is -0.472. The summed E-state index contributed by atoms with van der Waals surface area (Å²) >= 11 is 0. The Morgan fingerprint density at radius 2 is 1.48 bits per heavy atom. The highest BCUT2D eigenvalue weighted by Gasteiger charge is 2.24. The second-order valence-electron chi connectivity index (χ2n) is 6.08. The van der Waals surface area contributed by atoms with E-state index in [2.05, 4.69) is 10.6 Å². The zero-order valence-corrected chi connectivity index (χ0v) is 15.1. The predicted molar refractivity (Wildman–Crippen MR) is 100 cm³/mol. The van der Waals surface area contributed by atoms with E-state index in [4.69, 9.17) is 10.5 Å². The van der Waals surface area contributed by atoms with Gasteiger partial charge in [-0.15, -0.1) is 0 Å². The zero-order valence-electron chi connectivity index (χ0n) is 15.1. The molecule has 2 aromatic carbocycles. The van der Waals surface area contributed by atoms with Crippen LogP contribution in [-0.2, 0) is 27.4 Å². The highest BCUT2D eigenvalue weighted by Crippen LogP contribution is 2.05. The monoisotopic (exact) mass is 369 g/mol. The van der Waals surface area contributed by atoms with Crippen LogP contribution in [0.5, 0.6) is 0 Å². The van der Waals surface area contributed by atoms with E-state index in [1.54, 1.807) is 0 Å². The Hall–Kier alpha value is -3.35. The lowest BCUT2D eigenvalue weighted by molar-refractivity contribution is -0.128. The summed E-state index contributed by atoms with van der Waals surface area (Å²) in [5, 5.41) is 5.05. The number of amides is 3. The molecule has 7 nitrogen and oxygen atoms in total. The number of rotatable bonds is 8. The molecule has 0 aliphatic heterocycles. The molecule has 0 unspecified atom stereocenters. The van der Waals surface area contributed by atoms with Crippen LogP contribution < -0.4 is 16.4 Å². The molecule has 0 heterocycles. The molecule has 3 amide bonds. The largest absolute Gasteiger partial charge is 0.445 e. The number of carbonyl (C=O) groups is 3. The number of nitrogens with one attached hydrogen (secondary N) is 2. The maximum Gasteiger partial charge on any atom is 0.408 e. The molecule has 4 N–H and O–H groups in total. The first-order valence-electron chi connectivity index (χ1n) is 8.56. The quantitative estimate of drug-likeness (QED) is 0.655. The molecule has 0 bridgehead atoms. The lowest BCUT2D eigenvalue weighted by Gasteiger charge is -2.20. The van der Waals surface area contributed by atoms with Gasteiger partial charge in [0.05, 0.1) is 0 Å². The topological polar surface area (TPSA) is 111 Å². The van der Waals surface area contributed by atoms with Crippen molar-refractivity contribution in [1.29, 1.82) is 0 Å². The second kappa shape index (κ2) is 9.96. The molecule has 0 radical (unpaired) electrons. The van der Waals surface area contributed by atoms with Gasteiger partial charge in [0.1, 0.15) is 18.7 Å². The lowest BCUT2D eigenvalue weighted by Crippen LogP contribution is -2.52. The van der Waals surface area contributed by atoms with E-state index in [1.807, 2.05) is 60.7 Å². The van der Waals surface area contributed by atoms with E-state index >= 15 is 0 Å². The minimum absolute atomic E-state index is 0.0873. The van der Waals surface area contributed by atoms with E-state index in [9.17, 15) is 14.4 Å². The van der Waals surface area contributed by atoms with Gasteiger partial charge in [0.15, 0.2) is 0 Å². The number of carbonyl (C=O) groups excluding carboxylic acids is 3. The third-order valence-corrected chi connectivity index (χ3v) is 3.89. The van der Waals surface area contributed by atoms with Crippen LogP contribution in [0.15, 0.2) is 60.7 Å². The molecule has 0 aromatic heterocycles. The summed E-state index contributed by atoms with van der Waals surface area (Å²) in [6, 6.07) is 16.7. The van der Waals surface area contributed by atoms with Crippen molar-refractivity contribution in [1.82, 2.24) is 10.6 Å². The first kappa shape index (κ1) is 20.0. The Balaban J connectivity index is 2.00. The fourth-order valence-corrected chi connectivity index (χ4v) is 2.35. The fourth-order valence-electron chi connectivity index (χ4n) is 2.35. The van der Waals surface area contributed by atoms with Crippen LogP contribution in [0.1, 0.15) is 18.1 Å². The van der Waals surface area contributed by atoms with Crippen LogP contribution in [-0.4, -0.2) is 30.0 Å². The van der Waals surface area contributed by atoms with Crippen LogP contribution in [0.25, 0.3) is 0 Å². The maximum atomic E-state index is 12.5. The number of primary amides is 1. The van der Waals surface area contributed by atoms with Gasteiger partial charge in [-0.3, -0.25) is 9.59 Å². The molecule has 0 spiro atoms. The van der Waals surface area contributed by atoms with E-state index in [0.717, 1.165) is 11.1 Å². The van der Waals surface area contributed by atoms with E-state index in [-0.39, 0.29) is 13.0 Å². The SMILES string of the molecule is C[C@@H](NC(=O)[C@H](Cc1ccccc1)NC(=O)OCc1ccccc1)C(N)=O.